The summed E-state index contributed by atoms with van der Waals surface area (Å²) in [6, 6.07) is 0.161. The van der Waals surface area contributed by atoms with Crippen LogP contribution in [-0.4, -0.2) is 26.1 Å². The molecular formula is C13H22O3Si. The van der Waals surface area contributed by atoms with Crippen LogP contribution in [-0.2, 0) is 14.0 Å². The molecule has 0 aromatic carbocycles. The van der Waals surface area contributed by atoms with Crippen LogP contribution in [0.2, 0.25) is 12.6 Å². The average Bonchev–Trinajstić information content (AvgIpc) is 2.24. The zero-order valence-electron chi connectivity index (χ0n) is 11.3. The predicted octanol–water partition coefficient (Wildman–Crippen LogP) is 2.82. The topological polar surface area (TPSA) is 43.4 Å². The quantitative estimate of drug-likeness (QED) is 0.494. The number of hydrogen-bond donors (Lipinski definition) is 0. The van der Waals surface area contributed by atoms with Gasteiger partial charge in [-0.15, -0.1) is 0 Å². The van der Waals surface area contributed by atoms with Crippen LogP contribution in [0.25, 0.3) is 0 Å². The Morgan fingerprint density at radius 1 is 1.18 bits per heavy atom. The summed E-state index contributed by atoms with van der Waals surface area (Å²) in [6.07, 6.45) is 0.827. The molecule has 0 aromatic rings. The van der Waals surface area contributed by atoms with Crippen molar-refractivity contribution >= 4 is 19.5 Å². The van der Waals surface area contributed by atoms with E-state index in [1.165, 1.54) is 0 Å². The molecule has 0 aliphatic heterocycles. The van der Waals surface area contributed by atoms with E-state index >= 15 is 0 Å². The summed E-state index contributed by atoms with van der Waals surface area (Å²) >= 11 is 0. The van der Waals surface area contributed by atoms with Crippen molar-refractivity contribution in [3.05, 3.63) is 24.3 Å². The van der Waals surface area contributed by atoms with Gasteiger partial charge in [-0.2, -0.15) is 0 Å². The lowest BCUT2D eigenvalue weighted by atomic mass is 10.2. The number of hydrogen-bond acceptors (Lipinski definition) is 3. The third kappa shape index (κ3) is 4.79. The third-order valence-corrected chi connectivity index (χ3v) is 5.69. The van der Waals surface area contributed by atoms with E-state index in [4.69, 9.17) is 4.43 Å². The highest BCUT2D eigenvalue weighted by molar-refractivity contribution is 7.04. The Balaban J connectivity index is 4.96. The van der Waals surface area contributed by atoms with Crippen molar-refractivity contribution < 1.29 is 14.0 Å². The van der Waals surface area contributed by atoms with E-state index in [1.807, 2.05) is 6.92 Å². The van der Waals surface area contributed by atoms with Crippen LogP contribution in [0.5, 0.6) is 0 Å². The molecule has 0 bridgehead atoms. The minimum absolute atomic E-state index is 0.0828. The van der Waals surface area contributed by atoms with Crippen LogP contribution in [0.1, 0.15) is 27.2 Å². The lowest BCUT2D eigenvalue weighted by Crippen LogP contribution is -2.47. The molecule has 4 heteroatoms. The molecular weight excluding hydrogens is 232 g/mol. The Bertz CT molecular complexity index is 347. The van der Waals surface area contributed by atoms with Crippen LogP contribution < -0.4 is 0 Å². The van der Waals surface area contributed by atoms with E-state index in [9.17, 15) is 9.59 Å². The summed E-state index contributed by atoms with van der Waals surface area (Å²) in [5.41, 5.74) is 0.933. The van der Waals surface area contributed by atoms with Crippen molar-refractivity contribution in [3.63, 3.8) is 0 Å². The van der Waals surface area contributed by atoms with E-state index in [0.717, 1.165) is 6.42 Å². The predicted molar refractivity (Wildman–Crippen MR) is 72.3 cm³/mol. The molecule has 0 aromatic heterocycles. The highest BCUT2D eigenvalue weighted by Crippen LogP contribution is 2.19. The van der Waals surface area contributed by atoms with E-state index in [-0.39, 0.29) is 17.2 Å². The molecule has 0 radical (unpaired) electrons. The van der Waals surface area contributed by atoms with Gasteiger partial charge in [0.2, 0.25) is 0 Å². The van der Waals surface area contributed by atoms with Crippen molar-refractivity contribution in [1.29, 1.82) is 0 Å². The molecule has 17 heavy (non-hydrogen) atoms. The first kappa shape index (κ1) is 16.0. The maximum absolute atomic E-state index is 12.1. The molecule has 0 aliphatic carbocycles. The molecule has 96 valence electrons. The van der Waals surface area contributed by atoms with Crippen LogP contribution in [0, 0.1) is 0 Å². The lowest BCUT2D eigenvalue weighted by molar-refractivity contribution is -0.115. The molecule has 0 spiro atoms. The summed E-state index contributed by atoms with van der Waals surface area (Å²) in [5.74, 6) is -0.0927. The van der Waals surface area contributed by atoms with E-state index in [1.54, 1.807) is 20.4 Å². The largest absolute Gasteiger partial charge is 0.408 e. The lowest BCUT2D eigenvalue weighted by Gasteiger charge is -2.25. The van der Waals surface area contributed by atoms with Crippen molar-refractivity contribution in [2.75, 3.05) is 6.61 Å². The average molecular weight is 254 g/mol. The Morgan fingerprint density at radius 3 is 2.06 bits per heavy atom. The summed E-state index contributed by atoms with van der Waals surface area (Å²) in [6.45, 7) is 14.8. The van der Waals surface area contributed by atoms with Crippen molar-refractivity contribution in [3.8, 4) is 0 Å². The Labute approximate surface area is 105 Å². The molecule has 0 fully saturated rings. The van der Waals surface area contributed by atoms with Gasteiger partial charge in [-0.05, 0) is 38.0 Å². The molecule has 0 saturated heterocycles. The standard InChI is InChI=1S/C13H22O3Si/c1-7-8-16-17(6,13(15)11(4)5)9-12(14)10(2)3/h2,4,7-9H2,1,3,5-6H3. The van der Waals surface area contributed by atoms with Crippen LogP contribution in [0.3, 0.4) is 0 Å². The molecule has 0 heterocycles. The molecule has 1 atom stereocenters. The highest BCUT2D eigenvalue weighted by Gasteiger charge is 2.40. The Hall–Kier alpha value is -1.00. The van der Waals surface area contributed by atoms with Crippen LogP contribution >= 0.6 is 0 Å². The van der Waals surface area contributed by atoms with E-state index in [2.05, 4.69) is 13.2 Å². The zero-order chi connectivity index (χ0) is 13.6. The first-order valence-corrected chi connectivity index (χ1v) is 8.39. The fourth-order valence-electron chi connectivity index (χ4n) is 1.43. The Morgan fingerprint density at radius 2 is 1.71 bits per heavy atom. The second-order valence-corrected chi connectivity index (χ2v) is 8.13. The monoisotopic (exact) mass is 254 g/mol. The summed E-state index contributed by atoms with van der Waals surface area (Å²) < 4.78 is 5.69. The molecule has 0 aliphatic rings. The number of rotatable bonds is 8. The van der Waals surface area contributed by atoms with Gasteiger partial charge >= 0.3 is 0 Å². The maximum Gasteiger partial charge on any atom is 0.274 e. The Kier molecular flexibility index (Phi) is 6.27. The molecule has 0 amide bonds. The third-order valence-electron chi connectivity index (χ3n) is 2.47. The highest BCUT2D eigenvalue weighted by atomic mass is 28.4. The fraction of sp³-hybridized carbons (Fsp3) is 0.538. The molecule has 0 rings (SSSR count). The second kappa shape index (κ2) is 6.66. The zero-order valence-corrected chi connectivity index (χ0v) is 12.3. The van der Waals surface area contributed by atoms with Crippen molar-refractivity contribution in [2.24, 2.45) is 0 Å². The van der Waals surface area contributed by atoms with Gasteiger partial charge < -0.3 is 4.43 Å². The van der Waals surface area contributed by atoms with Crippen LogP contribution in [0.4, 0.5) is 0 Å². The maximum atomic E-state index is 12.1. The normalized spacial score (nSPS) is 13.9. The minimum atomic E-state index is -2.71. The first-order chi connectivity index (χ1) is 7.74. The first-order valence-electron chi connectivity index (χ1n) is 5.77. The van der Waals surface area contributed by atoms with Crippen molar-refractivity contribution in [2.45, 2.75) is 39.8 Å². The van der Waals surface area contributed by atoms with Gasteiger partial charge in [-0.1, -0.05) is 20.1 Å². The van der Waals surface area contributed by atoms with Gasteiger partial charge in [0.15, 0.2) is 11.2 Å². The number of Topliss-reactive ketones (excluding diaryl/α,β-unsaturated/α-hetero) is 1. The van der Waals surface area contributed by atoms with Gasteiger partial charge in [0.05, 0.1) is 0 Å². The number of allylic oxidation sites excluding steroid dienone is 2. The molecule has 0 saturated carbocycles. The molecule has 3 nitrogen and oxygen atoms in total. The summed E-state index contributed by atoms with van der Waals surface area (Å²) in [7, 11) is -2.71. The SMILES string of the molecule is C=C(C)C(=O)C[Si](C)(OCCC)C(=O)C(=C)C. The van der Waals surface area contributed by atoms with Gasteiger partial charge in [-0.25, -0.2) is 0 Å². The molecule has 1 unspecified atom stereocenters. The smallest absolute Gasteiger partial charge is 0.274 e. The minimum Gasteiger partial charge on any atom is -0.408 e. The number of ketones is 1. The van der Waals surface area contributed by atoms with Crippen LogP contribution in [0.15, 0.2) is 24.3 Å². The van der Waals surface area contributed by atoms with Crippen molar-refractivity contribution in [1.82, 2.24) is 0 Å². The number of carbonyl (C=O) groups excluding carboxylic acids is 2. The van der Waals surface area contributed by atoms with E-state index < -0.39 is 8.32 Å². The van der Waals surface area contributed by atoms with E-state index in [0.29, 0.717) is 17.8 Å². The van der Waals surface area contributed by atoms with Gasteiger partial charge in [0, 0.05) is 12.7 Å². The van der Waals surface area contributed by atoms with Gasteiger partial charge in [-0.3, -0.25) is 9.59 Å². The summed E-state index contributed by atoms with van der Waals surface area (Å²) in [5, 5.41) is -0.0828. The summed E-state index contributed by atoms with van der Waals surface area (Å²) in [4.78, 5) is 23.8. The molecule has 0 N–H and O–H groups in total. The van der Waals surface area contributed by atoms with Gasteiger partial charge in [0.25, 0.3) is 8.32 Å². The fourth-order valence-corrected chi connectivity index (χ4v) is 4.30. The van der Waals surface area contributed by atoms with Gasteiger partial charge in [0.1, 0.15) is 0 Å². The second-order valence-electron chi connectivity index (χ2n) is 4.57. The number of carbonyl (C=O) groups is 2.